The van der Waals surface area contributed by atoms with E-state index in [1.807, 2.05) is 0 Å². The standard InChI is InChI=1S/C10H8N2O4/c13-9-7-6(4-16-9)11-10(14)12-8(7)5-1-2-15-3-5/h1-3,8H,4H2,(H2,11,12,14). The summed E-state index contributed by atoms with van der Waals surface area (Å²) < 4.78 is 9.82. The van der Waals surface area contributed by atoms with Crippen molar-refractivity contribution in [3.05, 3.63) is 35.4 Å². The summed E-state index contributed by atoms with van der Waals surface area (Å²) in [6.45, 7) is 0.121. The summed E-state index contributed by atoms with van der Waals surface area (Å²) in [5.74, 6) is -0.409. The number of amides is 2. The van der Waals surface area contributed by atoms with Gasteiger partial charge in [-0.2, -0.15) is 0 Å². The third kappa shape index (κ3) is 1.19. The average Bonchev–Trinajstić information content (AvgIpc) is 2.87. The number of furan rings is 1. The van der Waals surface area contributed by atoms with E-state index in [9.17, 15) is 9.59 Å². The van der Waals surface area contributed by atoms with Crippen LogP contribution in [0.5, 0.6) is 0 Å². The number of esters is 1. The second-order valence-corrected chi connectivity index (χ2v) is 3.56. The fourth-order valence-corrected chi connectivity index (χ4v) is 1.88. The Labute approximate surface area is 90.3 Å². The fourth-order valence-electron chi connectivity index (χ4n) is 1.88. The van der Waals surface area contributed by atoms with Gasteiger partial charge in [-0.15, -0.1) is 0 Å². The number of hydrogen-bond donors (Lipinski definition) is 2. The number of urea groups is 1. The molecule has 0 bridgehead atoms. The quantitative estimate of drug-likeness (QED) is 0.673. The van der Waals surface area contributed by atoms with Crippen LogP contribution in [-0.4, -0.2) is 18.6 Å². The van der Waals surface area contributed by atoms with Crippen LogP contribution in [0.3, 0.4) is 0 Å². The van der Waals surface area contributed by atoms with Crippen LogP contribution < -0.4 is 10.6 Å². The average molecular weight is 220 g/mol. The van der Waals surface area contributed by atoms with Gasteiger partial charge in [0.25, 0.3) is 0 Å². The summed E-state index contributed by atoms with van der Waals surface area (Å²) in [6, 6.07) is 0.868. The molecule has 6 heteroatoms. The molecule has 1 atom stereocenters. The van der Waals surface area contributed by atoms with Gasteiger partial charge in [0.2, 0.25) is 0 Å². The molecule has 1 aromatic rings. The predicted molar refractivity (Wildman–Crippen MR) is 51.1 cm³/mol. The number of hydrogen-bond acceptors (Lipinski definition) is 4. The van der Waals surface area contributed by atoms with Crippen LogP contribution in [-0.2, 0) is 9.53 Å². The molecular weight excluding hydrogens is 212 g/mol. The van der Waals surface area contributed by atoms with E-state index in [1.165, 1.54) is 12.5 Å². The van der Waals surface area contributed by atoms with Crippen LogP contribution >= 0.6 is 0 Å². The Morgan fingerprint density at radius 3 is 3.00 bits per heavy atom. The van der Waals surface area contributed by atoms with Crippen LogP contribution in [0.15, 0.2) is 34.3 Å². The molecule has 0 saturated heterocycles. The van der Waals surface area contributed by atoms with E-state index in [4.69, 9.17) is 9.15 Å². The monoisotopic (exact) mass is 220 g/mol. The molecule has 0 fully saturated rings. The van der Waals surface area contributed by atoms with Crippen molar-refractivity contribution in [2.75, 3.05) is 6.61 Å². The van der Waals surface area contributed by atoms with Gasteiger partial charge in [0.1, 0.15) is 6.61 Å². The van der Waals surface area contributed by atoms with Crippen molar-refractivity contribution in [2.24, 2.45) is 0 Å². The Bertz CT molecular complexity index is 489. The maximum atomic E-state index is 11.5. The molecular formula is C10H8N2O4. The summed E-state index contributed by atoms with van der Waals surface area (Å²) in [6.07, 6.45) is 2.98. The molecule has 0 aliphatic carbocycles. The van der Waals surface area contributed by atoms with Gasteiger partial charge in [0, 0.05) is 5.56 Å². The highest BCUT2D eigenvalue weighted by Crippen LogP contribution is 2.30. The minimum atomic E-state index is -0.488. The van der Waals surface area contributed by atoms with Crippen molar-refractivity contribution in [1.29, 1.82) is 0 Å². The molecule has 1 unspecified atom stereocenters. The number of nitrogens with one attached hydrogen (secondary N) is 2. The first-order valence-electron chi connectivity index (χ1n) is 4.75. The highest BCUT2D eigenvalue weighted by atomic mass is 16.5. The Hall–Kier alpha value is -2.24. The van der Waals surface area contributed by atoms with Crippen molar-refractivity contribution < 1.29 is 18.7 Å². The number of carbonyl (C=O) groups excluding carboxylic acids is 2. The molecule has 0 radical (unpaired) electrons. The first kappa shape index (κ1) is 9.02. The molecule has 1 aromatic heterocycles. The lowest BCUT2D eigenvalue weighted by Crippen LogP contribution is -2.44. The predicted octanol–water partition coefficient (Wildman–Crippen LogP) is 0.444. The van der Waals surface area contributed by atoms with Crippen LogP contribution in [0.2, 0.25) is 0 Å². The van der Waals surface area contributed by atoms with Crippen LogP contribution in [0.25, 0.3) is 0 Å². The first-order chi connectivity index (χ1) is 7.75. The van der Waals surface area contributed by atoms with E-state index < -0.39 is 12.0 Å². The lowest BCUT2D eigenvalue weighted by Gasteiger charge is -2.23. The van der Waals surface area contributed by atoms with Gasteiger partial charge < -0.3 is 19.8 Å². The van der Waals surface area contributed by atoms with Gasteiger partial charge in [0.15, 0.2) is 0 Å². The molecule has 0 saturated carbocycles. The molecule has 2 aliphatic rings. The molecule has 82 valence electrons. The van der Waals surface area contributed by atoms with Gasteiger partial charge in [-0.25, -0.2) is 9.59 Å². The molecule has 0 aromatic carbocycles. The topological polar surface area (TPSA) is 80.6 Å². The molecule has 6 nitrogen and oxygen atoms in total. The van der Waals surface area contributed by atoms with Crippen molar-refractivity contribution in [3.8, 4) is 0 Å². The number of ether oxygens (including phenoxy) is 1. The van der Waals surface area contributed by atoms with E-state index in [2.05, 4.69) is 10.6 Å². The largest absolute Gasteiger partial charge is 0.472 e. The van der Waals surface area contributed by atoms with Crippen molar-refractivity contribution in [1.82, 2.24) is 10.6 Å². The smallest absolute Gasteiger partial charge is 0.338 e. The van der Waals surface area contributed by atoms with Crippen molar-refractivity contribution >= 4 is 12.0 Å². The molecule has 2 aliphatic heterocycles. The zero-order valence-electron chi connectivity index (χ0n) is 8.15. The van der Waals surface area contributed by atoms with E-state index in [-0.39, 0.29) is 12.6 Å². The van der Waals surface area contributed by atoms with Crippen LogP contribution in [0.1, 0.15) is 11.6 Å². The van der Waals surface area contributed by atoms with Gasteiger partial charge in [0.05, 0.1) is 29.8 Å². The van der Waals surface area contributed by atoms with Gasteiger partial charge in [-0.3, -0.25) is 0 Å². The summed E-state index contributed by atoms with van der Waals surface area (Å²) in [4.78, 5) is 22.9. The van der Waals surface area contributed by atoms with E-state index in [1.54, 1.807) is 6.07 Å². The third-order valence-corrected chi connectivity index (χ3v) is 2.60. The number of carbonyl (C=O) groups is 2. The second-order valence-electron chi connectivity index (χ2n) is 3.56. The van der Waals surface area contributed by atoms with Gasteiger partial charge in [-0.1, -0.05) is 0 Å². The molecule has 0 spiro atoms. The first-order valence-corrected chi connectivity index (χ1v) is 4.75. The minimum Gasteiger partial charge on any atom is -0.472 e. The Morgan fingerprint density at radius 2 is 2.25 bits per heavy atom. The molecule has 16 heavy (non-hydrogen) atoms. The summed E-state index contributed by atoms with van der Waals surface area (Å²) in [5, 5.41) is 5.21. The highest BCUT2D eigenvalue weighted by molar-refractivity contribution is 5.97. The van der Waals surface area contributed by atoms with Crippen LogP contribution in [0, 0.1) is 0 Å². The molecule has 2 N–H and O–H groups in total. The SMILES string of the molecule is O=C1NC2=C(C(=O)OC2)C(c2ccoc2)N1. The summed E-state index contributed by atoms with van der Waals surface area (Å²) in [7, 11) is 0. The zero-order valence-corrected chi connectivity index (χ0v) is 8.15. The summed E-state index contributed by atoms with van der Waals surface area (Å²) >= 11 is 0. The minimum absolute atomic E-state index is 0.121. The number of cyclic esters (lactones) is 1. The van der Waals surface area contributed by atoms with E-state index in [0.717, 1.165) is 5.56 Å². The number of rotatable bonds is 1. The molecule has 3 rings (SSSR count). The Balaban J connectivity index is 2.07. The second kappa shape index (κ2) is 3.13. The normalized spacial score (nSPS) is 23.6. The van der Waals surface area contributed by atoms with Gasteiger partial charge in [-0.05, 0) is 6.07 Å². The van der Waals surface area contributed by atoms with Crippen LogP contribution in [0.4, 0.5) is 4.79 Å². The Morgan fingerprint density at radius 1 is 1.38 bits per heavy atom. The van der Waals surface area contributed by atoms with E-state index >= 15 is 0 Å². The van der Waals surface area contributed by atoms with E-state index in [0.29, 0.717) is 11.3 Å². The zero-order chi connectivity index (χ0) is 11.1. The maximum Gasteiger partial charge on any atom is 0.338 e. The molecule has 2 amide bonds. The third-order valence-electron chi connectivity index (χ3n) is 2.60. The Kier molecular flexibility index (Phi) is 1.76. The summed E-state index contributed by atoms with van der Waals surface area (Å²) in [5.41, 5.74) is 1.70. The highest BCUT2D eigenvalue weighted by Gasteiger charge is 2.38. The van der Waals surface area contributed by atoms with Gasteiger partial charge >= 0.3 is 12.0 Å². The molecule has 3 heterocycles. The maximum absolute atomic E-state index is 11.5. The lowest BCUT2D eigenvalue weighted by molar-refractivity contribution is -0.136. The lowest BCUT2D eigenvalue weighted by atomic mass is 9.99. The van der Waals surface area contributed by atoms with Crippen molar-refractivity contribution in [2.45, 2.75) is 6.04 Å². The fraction of sp³-hybridized carbons (Fsp3) is 0.200. The van der Waals surface area contributed by atoms with Crippen molar-refractivity contribution in [3.63, 3.8) is 0 Å².